The molecule has 0 aromatic heterocycles. The highest BCUT2D eigenvalue weighted by Gasteiger charge is 2.02. The summed E-state index contributed by atoms with van der Waals surface area (Å²) in [4.78, 5) is 0. The summed E-state index contributed by atoms with van der Waals surface area (Å²) in [5.41, 5.74) is 4.24. The van der Waals surface area contributed by atoms with E-state index in [0.717, 1.165) is 17.2 Å². The van der Waals surface area contributed by atoms with E-state index in [1.165, 1.54) is 17.2 Å². The van der Waals surface area contributed by atoms with Crippen LogP contribution >= 0.6 is 0 Å². The molecule has 0 radical (unpaired) electrons. The molecule has 0 aliphatic rings. The average molecular weight is 309 g/mol. The van der Waals surface area contributed by atoms with E-state index < -0.39 is 11.6 Å². The zero-order valence-electron chi connectivity index (χ0n) is 12.6. The summed E-state index contributed by atoms with van der Waals surface area (Å²) in [7, 11) is 0. The Morgan fingerprint density at radius 3 is 1.91 bits per heavy atom. The molecule has 0 unspecified atom stereocenters. The lowest BCUT2D eigenvalue weighted by Gasteiger charge is -2.07. The third-order valence-corrected chi connectivity index (χ3v) is 3.70. The summed E-state index contributed by atoms with van der Waals surface area (Å²) < 4.78 is 26.0. The van der Waals surface area contributed by atoms with Crippen molar-refractivity contribution in [3.05, 3.63) is 95.6 Å². The van der Waals surface area contributed by atoms with E-state index in [0.29, 0.717) is 13.1 Å². The Bertz CT molecular complexity index is 767. The van der Waals surface area contributed by atoms with Gasteiger partial charge in [-0.25, -0.2) is 8.78 Å². The van der Waals surface area contributed by atoms with Crippen LogP contribution in [0.15, 0.2) is 72.8 Å². The van der Waals surface area contributed by atoms with Gasteiger partial charge in [-0.05, 0) is 34.4 Å². The molecule has 0 aliphatic heterocycles. The average Bonchev–Trinajstić information content (AvgIpc) is 2.59. The van der Waals surface area contributed by atoms with E-state index in [4.69, 9.17) is 0 Å². The van der Waals surface area contributed by atoms with Crippen molar-refractivity contribution in [1.82, 2.24) is 5.32 Å². The highest BCUT2D eigenvalue weighted by atomic mass is 19.2. The molecule has 0 saturated carbocycles. The predicted octanol–water partition coefficient (Wildman–Crippen LogP) is 4.92. The van der Waals surface area contributed by atoms with Crippen LogP contribution < -0.4 is 5.32 Å². The molecule has 0 aliphatic carbocycles. The summed E-state index contributed by atoms with van der Waals surface area (Å²) in [5.74, 6) is -1.62. The van der Waals surface area contributed by atoms with E-state index in [-0.39, 0.29) is 0 Å². The standard InChI is InChI=1S/C20H17F2N/c21-19-11-8-16(12-20(19)22)14-23-13-15-6-9-18(10-7-15)17-4-2-1-3-5-17/h1-12,23H,13-14H2. The van der Waals surface area contributed by atoms with Gasteiger partial charge in [-0.3, -0.25) is 0 Å². The van der Waals surface area contributed by atoms with Crippen molar-refractivity contribution >= 4 is 0 Å². The monoisotopic (exact) mass is 309 g/mol. The quantitative estimate of drug-likeness (QED) is 0.705. The van der Waals surface area contributed by atoms with Crippen molar-refractivity contribution in [2.75, 3.05) is 0 Å². The largest absolute Gasteiger partial charge is 0.309 e. The molecule has 3 aromatic rings. The molecule has 3 rings (SSSR count). The van der Waals surface area contributed by atoms with Crippen LogP contribution in [0.5, 0.6) is 0 Å². The van der Waals surface area contributed by atoms with Crippen LogP contribution in [0.2, 0.25) is 0 Å². The van der Waals surface area contributed by atoms with Crippen LogP contribution in [0.4, 0.5) is 8.78 Å². The van der Waals surface area contributed by atoms with Crippen LogP contribution in [-0.4, -0.2) is 0 Å². The van der Waals surface area contributed by atoms with Crippen LogP contribution in [0.25, 0.3) is 11.1 Å². The number of hydrogen-bond acceptors (Lipinski definition) is 1. The van der Waals surface area contributed by atoms with Gasteiger partial charge in [0.1, 0.15) is 0 Å². The summed E-state index contributed by atoms with van der Waals surface area (Å²) in [6.07, 6.45) is 0. The Labute approximate surface area is 134 Å². The van der Waals surface area contributed by atoms with E-state index in [1.54, 1.807) is 6.07 Å². The van der Waals surface area contributed by atoms with Gasteiger partial charge in [-0.1, -0.05) is 60.7 Å². The van der Waals surface area contributed by atoms with Crippen molar-refractivity contribution in [1.29, 1.82) is 0 Å². The van der Waals surface area contributed by atoms with Gasteiger partial charge in [0.05, 0.1) is 0 Å². The first-order chi connectivity index (χ1) is 11.2. The fourth-order valence-electron chi connectivity index (χ4n) is 2.45. The minimum absolute atomic E-state index is 0.498. The molecule has 0 heterocycles. The van der Waals surface area contributed by atoms with Crippen LogP contribution in [0, 0.1) is 11.6 Å². The van der Waals surface area contributed by atoms with E-state index >= 15 is 0 Å². The third-order valence-electron chi connectivity index (χ3n) is 3.70. The summed E-state index contributed by atoms with van der Waals surface area (Å²) in [5, 5.41) is 3.23. The predicted molar refractivity (Wildman–Crippen MR) is 88.8 cm³/mol. The molecule has 0 amide bonds. The highest BCUT2D eigenvalue weighted by Crippen LogP contribution is 2.19. The highest BCUT2D eigenvalue weighted by molar-refractivity contribution is 5.63. The maximum absolute atomic E-state index is 13.1. The Morgan fingerprint density at radius 2 is 1.22 bits per heavy atom. The molecule has 1 nitrogen and oxygen atoms in total. The Kier molecular flexibility index (Phi) is 4.79. The van der Waals surface area contributed by atoms with Crippen molar-refractivity contribution in [3.8, 4) is 11.1 Å². The first-order valence-corrected chi connectivity index (χ1v) is 7.51. The number of rotatable bonds is 5. The lowest BCUT2D eigenvalue weighted by molar-refractivity contribution is 0.506. The maximum atomic E-state index is 13.1. The van der Waals surface area contributed by atoms with Crippen molar-refractivity contribution in [3.63, 3.8) is 0 Å². The normalized spacial score (nSPS) is 10.7. The molecular formula is C20H17F2N. The van der Waals surface area contributed by atoms with Crippen molar-refractivity contribution < 1.29 is 8.78 Å². The minimum Gasteiger partial charge on any atom is -0.309 e. The number of hydrogen-bond donors (Lipinski definition) is 1. The van der Waals surface area contributed by atoms with Gasteiger partial charge < -0.3 is 5.32 Å². The molecule has 23 heavy (non-hydrogen) atoms. The van der Waals surface area contributed by atoms with E-state index in [2.05, 4.69) is 41.7 Å². The van der Waals surface area contributed by atoms with Crippen LogP contribution in [0.1, 0.15) is 11.1 Å². The molecular weight excluding hydrogens is 292 g/mol. The molecule has 0 bridgehead atoms. The lowest BCUT2D eigenvalue weighted by atomic mass is 10.0. The van der Waals surface area contributed by atoms with Crippen molar-refractivity contribution in [2.24, 2.45) is 0 Å². The lowest BCUT2D eigenvalue weighted by Crippen LogP contribution is -2.12. The van der Waals surface area contributed by atoms with Gasteiger partial charge in [0, 0.05) is 13.1 Å². The Balaban J connectivity index is 1.57. The van der Waals surface area contributed by atoms with Crippen LogP contribution in [-0.2, 0) is 13.1 Å². The fraction of sp³-hybridized carbons (Fsp3) is 0.100. The van der Waals surface area contributed by atoms with Gasteiger partial charge in [0.25, 0.3) is 0 Å². The molecule has 3 heteroatoms. The number of benzene rings is 3. The Morgan fingerprint density at radius 1 is 0.609 bits per heavy atom. The van der Waals surface area contributed by atoms with Gasteiger partial charge in [-0.2, -0.15) is 0 Å². The molecule has 116 valence electrons. The topological polar surface area (TPSA) is 12.0 Å². The summed E-state index contributed by atoms with van der Waals surface area (Å²) in [6, 6.07) is 22.5. The molecule has 0 spiro atoms. The molecule has 0 fully saturated rings. The van der Waals surface area contributed by atoms with Gasteiger partial charge >= 0.3 is 0 Å². The summed E-state index contributed by atoms with van der Waals surface area (Å²) >= 11 is 0. The Hall–Kier alpha value is -2.52. The smallest absolute Gasteiger partial charge is 0.159 e. The maximum Gasteiger partial charge on any atom is 0.159 e. The SMILES string of the molecule is Fc1ccc(CNCc2ccc(-c3ccccc3)cc2)cc1F. The zero-order chi connectivity index (χ0) is 16.1. The van der Waals surface area contributed by atoms with Gasteiger partial charge in [0.15, 0.2) is 11.6 Å². The first kappa shape index (κ1) is 15.4. The first-order valence-electron chi connectivity index (χ1n) is 7.51. The van der Waals surface area contributed by atoms with Gasteiger partial charge in [-0.15, -0.1) is 0 Å². The van der Waals surface area contributed by atoms with Crippen LogP contribution in [0.3, 0.4) is 0 Å². The molecule has 0 atom stereocenters. The van der Waals surface area contributed by atoms with Crippen molar-refractivity contribution in [2.45, 2.75) is 13.1 Å². The molecule has 1 N–H and O–H groups in total. The second-order valence-corrected chi connectivity index (χ2v) is 5.41. The second kappa shape index (κ2) is 7.16. The second-order valence-electron chi connectivity index (χ2n) is 5.41. The zero-order valence-corrected chi connectivity index (χ0v) is 12.6. The fourth-order valence-corrected chi connectivity index (χ4v) is 2.45. The number of halogens is 2. The minimum atomic E-state index is -0.815. The third kappa shape index (κ3) is 4.02. The van der Waals surface area contributed by atoms with E-state index in [9.17, 15) is 8.78 Å². The molecule has 3 aromatic carbocycles. The van der Waals surface area contributed by atoms with Gasteiger partial charge in [0.2, 0.25) is 0 Å². The van der Waals surface area contributed by atoms with E-state index in [1.807, 2.05) is 18.2 Å². The molecule has 0 saturated heterocycles. The summed E-state index contributed by atoms with van der Waals surface area (Å²) in [6.45, 7) is 1.17. The number of nitrogens with one attached hydrogen (secondary N) is 1.